The first-order valence-corrected chi connectivity index (χ1v) is 7.28. The Balaban J connectivity index is 0.00000220. The summed E-state index contributed by atoms with van der Waals surface area (Å²) in [4.78, 5) is 13.9. The van der Waals surface area contributed by atoms with Gasteiger partial charge in [-0.3, -0.25) is 4.79 Å². The van der Waals surface area contributed by atoms with Crippen LogP contribution in [0.2, 0.25) is 0 Å². The molecule has 0 saturated carbocycles. The molecule has 1 fully saturated rings. The average molecular weight is 382 g/mol. The maximum Gasteiger partial charge on any atom is 0.242 e. The minimum Gasteiger partial charge on any atom is -0.381 e. The van der Waals surface area contributed by atoms with Crippen LogP contribution >= 0.6 is 28.3 Å². The standard InChI is InChI=1S/C14H18BrFN2O2.ClH/c1-18(9-10-8-11(15)2-3-12(10)16)13(19)14(17)4-6-20-7-5-14;/h2-3,8H,4-7,9,17H2,1H3;1H. The fourth-order valence-corrected chi connectivity index (χ4v) is 2.73. The van der Waals surface area contributed by atoms with Crippen molar-refractivity contribution >= 4 is 34.2 Å². The van der Waals surface area contributed by atoms with Crippen LogP contribution in [0.3, 0.4) is 0 Å². The van der Waals surface area contributed by atoms with Crippen molar-refractivity contribution in [2.45, 2.75) is 24.9 Å². The maximum absolute atomic E-state index is 13.7. The van der Waals surface area contributed by atoms with Crippen LogP contribution in [0.25, 0.3) is 0 Å². The smallest absolute Gasteiger partial charge is 0.242 e. The highest BCUT2D eigenvalue weighted by Gasteiger charge is 2.37. The Labute approximate surface area is 138 Å². The van der Waals surface area contributed by atoms with E-state index in [-0.39, 0.29) is 30.7 Å². The van der Waals surface area contributed by atoms with Crippen LogP contribution in [0, 0.1) is 5.82 Å². The van der Waals surface area contributed by atoms with Crippen molar-refractivity contribution in [1.29, 1.82) is 0 Å². The van der Waals surface area contributed by atoms with Gasteiger partial charge in [0.25, 0.3) is 0 Å². The average Bonchev–Trinajstić information content (AvgIpc) is 2.43. The fraction of sp³-hybridized carbons (Fsp3) is 0.500. The maximum atomic E-state index is 13.7. The highest BCUT2D eigenvalue weighted by molar-refractivity contribution is 9.10. The van der Waals surface area contributed by atoms with Crippen LogP contribution in [0.15, 0.2) is 22.7 Å². The molecule has 1 saturated heterocycles. The van der Waals surface area contributed by atoms with Gasteiger partial charge in [0.05, 0.1) is 5.54 Å². The minimum absolute atomic E-state index is 0. The number of benzene rings is 1. The van der Waals surface area contributed by atoms with Gasteiger partial charge in [-0.2, -0.15) is 0 Å². The molecule has 1 aliphatic heterocycles. The molecule has 7 heteroatoms. The Kier molecular flexibility index (Phi) is 6.59. The van der Waals surface area contributed by atoms with Crippen LogP contribution in [0.1, 0.15) is 18.4 Å². The number of likely N-dealkylation sites (N-methyl/N-ethyl adjacent to an activating group) is 1. The Morgan fingerprint density at radius 3 is 2.71 bits per heavy atom. The SMILES string of the molecule is CN(Cc1cc(Br)ccc1F)C(=O)C1(N)CCOCC1.Cl. The van der Waals surface area contributed by atoms with Crippen molar-refractivity contribution < 1.29 is 13.9 Å². The summed E-state index contributed by atoms with van der Waals surface area (Å²) in [5.74, 6) is -0.494. The molecule has 0 atom stereocenters. The topological polar surface area (TPSA) is 55.6 Å². The molecular weight excluding hydrogens is 363 g/mol. The predicted molar refractivity (Wildman–Crippen MR) is 84.8 cm³/mol. The quantitative estimate of drug-likeness (QED) is 0.875. The molecule has 0 bridgehead atoms. The van der Waals surface area contributed by atoms with Crippen LogP contribution in [-0.2, 0) is 16.1 Å². The second-order valence-electron chi connectivity index (χ2n) is 5.17. The van der Waals surface area contributed by atoms with E-state index in [0.29, 0.717) is 31.6 Å². The third kappa shape index (κ3) is 4.39. The molecule has 4 nitrogen and oxygen atoms in total. The highest BCUT2D eigenvalue weighted by Crippen LogP contribution is 2.22. The summed E-state index contributed by atoms with van der Waals surface area (Å²) in [7, 11) is 1.65. The Hall–Kier alpha value is -0.690. The van der Waals surface area contributed by atoms with Crippen LogP contribution in [-0.4, -0.2) is 36.6 Å². The van der Waals surface area contributed by atoms with Gasteiger partial charge in [0.2, 0.25) is 5.91 Å². The van der Waals surface area contributed by atoms with Gasteiger partial charge in [0, 0.05) is 36.8 Å². The van der Waals surface area contributed by atoms with E-state index in [9.17, 15) is 9.18 Å². The highest BCUT2D eigenvalue weighted by atomic mass is 79.9. The predicted octanol–water partition coefficient (Wildman–Crippen LogP) is 2.48. The molecule has 118 valence electrons. The summed E-state index contributed by atoms with van der Waals surface area (Å²) < 4.78 is 19.7. The summed E-state index contributed by atoms with van der Waals surface area (Å²) in [6.45, 7) is 1.17. The summed E-state index contributed by atoms with van der Waals surface area (Å²) in [5.41, 5.74) is 5.72. The van der Waals surface area contributed by atoms with Gasteiger partial charge in [-0.05, 0) is 31.0 Å². The van der Waals surface area contributed by atoms with E-state index in [1.165, 1.54) is 11.0 Å². The van der Waals surface area contributed by atoms with Gasteiger partial charge >= 0.3 is 0 Å². The van der Waals surface area contributed by atoms with Crippen molar-refractivity contribution in [2.24, 2.45) is 5.73 Å². The molecule has 0 aromatic heterocycles. The summed E-state index contributed by atoms with van der Waals surface area (Å²) in [6.07, 6.45) is 0.994. The molecule has 1 amide bonds. The lowest BCUT2D eigenvalue weighted by molar-refractivity contribution is -0.139. The van der Waals surface area contributed by atoms with Crippen LogP contribution in [0.4, 0.5) is 4.39 Å². The lowest BCUT2D eigenvalue weighted by atomic mass is 9.89. The van der Waals surface area contributed by atoms with E-state index in [0.717, 1.165) is 4.47 Å². The molecule has 1 aliphatic rings. The minimum atomic E-state index is -0.893. The van der Waals surface area contributed by atoms with Gasteiger partial charge < -0.3 is 15.4 Å². The van der Waals surface area contributed by atoms with Gasteiger partial charge in [0.1, 0.15) is 5.82 Å². The number of amides is 1. The number of hydrogen-bond acceptors (Lipinski definition) is 3. The number of halogens is 3. The van der Waals surface area contributed by atoms with Crippen LogP contribution < -0.4 is 5.73 Å². The van der Waals surface area contributed by atoms with Crippen molar-refractivity contribution in [2.75, 3.05) is 20.3 Å². The lowest BCUT2D eigenvalue weighted by Crippen LogP contribution is -2.57. The fourth-order valence-electron chi connectivity index (χ4n) is 2.32. The van der Waals surface area contributed by atoms with Crippen molar-refractivity contribution in [3.63, 3.8) is 0 Å². The lowest BCUT2D eigenvalue weighted by Gasteiger charge is -2.35. The van der Waals surface area contributed by atoms with E-state index in [2.05, 4.69) is 15.9 Å². The van der Waals surface area contributed by atoms with Gasteiger partial charge in [-0.1, -0.05) is 15.9 Å². The Morgan fingerprint density at radius 2 is 2.10 bits per heavy atom. The second kappa shape index (κ2) is 7.54. The molecule has 1 aromatic carbocycles. The Morgan fingerprint density at radius 1 is 1.48 bits per heavy atom. The van der Waals surface area contributed by atoms with Gasteiger partial charge in [0.15, 0.2) is 0 Å². The van der Waals surface area contributed by atoms with E-state index in [1.54, 1.807) is 19.2 Å². The van der Waals surface area contributed by atoms with Gasteiger partial charge in [-0.15, -0.1) is 12.4 Å². The zero-order valence-corrected chi connectivity index (χ0v) is 14.2. The molecule has 1 aromatic rings. The first kappa shape index (κ1) is 18.4. The summed E-state index contributed by atoms with van der Waals surface area (Å²) in [5, 5.41) is 0. The molecule has 2 rings (SSSR count). The molecular formula is C14H19BrClFN2O2. The molecule has 2 N–H and O–H groups in total. The van der Waals surface area contributed by atoms with Crippen molar-refractivity contribution in [1.82, 2.24) is 4.90 Å². The molecule has 0 spiro atoms. The zero-order valence-electron chi connectivity index (χ0n) is 11.8. The molecule has 0 radical (unpaired) electrons. The number of hydrogen-bond donors (Lipinski definition) is 1. The molecule has 0 aliphatic carbocycles. The number of rotatable bonds is 3. The molecule has 21 heavy (non-hydrogen) atoms. The van der Waals surface area contributed by atoms with Crippen molar-refractivity contribution in [3.8, 4) is 0 Å². The number of nitrogens with two attached hydrogens (primary N) is 1. The third-order valence-electron chi connectivity index (χ3n) is 3.57. The monoisotopic (exact) mass is 380 g/mol. The van der Waals surface area contributed by atoms with E-state index in [4.69, 9.17) is 10.5 Å². The van der Waals surface area contributed by atoms with Crippen LogP contribution in [0.5, 0.6) is 0 Å². The summed E-state index contributed by atoms with van der Waals surface area (Å²) >= 11 is 3.30. The molecule has 0 unspecified atom stereocenters. The van der Waals surface area contributed by atoms with E-state index in [1.807, 2.05) is 0 Å². The largest absolute Gasteiger partial charge is 0.381 e. The summed E-state index contributed by atoms with van der Waals surface area (Å²) in [6, 6.07) is 4.68. The number of nitrogens with zero attached hydrogens (tertiary/aromatic N) is 1. The van der Waals surface area contributed by atoms with Crippen molar-refractivity contribution in [3.05, 3.63) is 34.1 Å². The zero-order chi connectivity index (χ0) is 14.8. The van der Waals surface area contributed by atoms with E-state index >= 15 is 0 Å². The number of carbonyl (C=O) groups excluding carboxylic acids is 1. The third-order valence-corrected chi connectivity index (χ3v) is 4.07. The normalized spacial score (nSPS) is 17.0. The Bertz CT molecular complexity index is 510. The first-order valence-electron chi connectivity index (χ1n) is 6.48. The number of ether oxygens (including phenoxy) is 1. The second-order valence-corrected chi connectivity index (χ2v) is 6.08. The first-order chi connectivity index (χ1) is 9.42. The molecule has 1 heterocycles. The van der Waals surface area contributed by atoms with E-state index < -0.39 is 5.54 Å². The number of carbonyl (C=O) groups is 1. The van der Waals surface area contributed by atoms with Gasteiger partial charge in [-0.25, -0.2) is 4.39 Å².